The number of nitrogens with zero attached hydrogens (tertiary/aromatic N) is 1. The molecule has 2 amide bonds. The molecule has 4 heteroatoms. The number of amides is 2. The molecule has 43 valence electrons. The van der Waals surface area contributed by atoms with Crippen LogP contribution < -0.4 is 10.6 Å². The number of carbonyl (C=O) groups is 1. The highest BCUT2D eigenvalue weighted by atomic mass is 16.5. The van der Waals surface area contributed by atoms with Crippen molar-refractivity contribution >= 4 is 6.03 Å². The van der Waals surface area contributed by atoms with Crippen LogP contribution in [0.3, 0.4) is 0 Å². The molecule has 0 aliphatic carbocycles. The van der Waals surface area contributed by atoms with Crippen molar-refractivity contribution < 1.29 is 9.53 Å². The van der Waals surface area contributed by atoms with Gasteiger partial charge in [0.25, 0.3) is 0 Å². The maximum atomic E-state index is 10.2. The maximum Gasteiger partial charge on any atom is 0.348 e. The van der Waals surface area contributed by atoms with Crippen molar-refractivity contribution in [3.63, 3.8) is 0 Å². The van der Waals surface area contributed by atoms with Crippen LogP contribution in [0.15, 0.2) is 12.1 Å². The lowest BCUT2D eigenvalue weighted by molar-refractivity contribution is 0.234. The summed E-state index contributed by atoms with van der Waals surface area (Å²) >= 11 is 0. The highest BCUT2D eigenvalue weighted by Gasteiger charge is 2.11. The van der Waals surface area contributed by atoms with Crippen LogP contribution in [0.5, 0.6) is 0 Å². The van der Waals surface area contributed by atoms with Crippen LogP contribution in [0, 0.1) is 0 Å². The Balaban J connectivity index is 2.49. The zero-order valence-electron chi connectivity index (χ0n) is 4.34. The molecule has 1 aliphatic rings. The average Bonchev–Trinajstić information content (AvgIpc) is 2.14. The molecule has 0 spiro atoms. The minimum atomic E-state index is -0.373. The van der Waals surface area contributed by atoms with Crippen molar-refractivity contribution in [3.8, 4) is 0 Å². The van der Waals surface area contributed by atoms with E-state index in [1.807, 2.05) is 0 Å². The van der Waals surface area contributed by atoms with Crippen LogP contribution in [-0.4, -0.2) is 13.1 Å². The van der Waals surface area contributed by atoms with Crippen molar-refractivity contribution in [1.82, 2.24) is 10.6 Å². The van der Waals surface area contributed by atoms with Crippen LogP contribution in [-0.2, 0) is 4.74 Å². The molecule has 8 heavy (non-hydrogen) atoms. The van der Waals surface area contributed by atoms with E-state index in [4.69, 9.17) is 0 Å². The molecular formula is C4H5N2O2. The molecule has 0 aromatic carbocycles. The second kappa shape index (κ2) is 1.73. The molecule has 1 heterocycles. The van der Waals surface area contributed by atoms with E-state index in [1.165, 1.54) is 13.3 Å². The number of ether oxygens (including phenoxy) is 1. The van der Waals surface area contributed by atoms with Gasteiger partial charge in [-0.3, -0.25) is 0 Å². The number of nitrogens with one attached hydrogen (secondary N) is 1. The lowest BCUT2D eigenvalue weighted by atomic mass is 10.9. The summed E-state index contributed by atoms with van der Waals surface area (Å²) in [6.45, 7) is 0. The van der Waals surface area contributed by atoms with E-state index in [-0.39, 0.29) is 6.03 Å². The van der Waals surface area contributed by atoms with Crippen molar-refractivity contribution in [2.24, 2.45) is 0 Å². The average molecular weight is 113 g/mol. The third-order valence-electron chi connectivity index (χ3n) is 0.740. The fourth-order valence-electron chi connectivity index (χ4n) is 0.393. The van der Waals surface area contributed by atoms with E-state index in [9.17, 15) is 4.79 Å². The Morgan fingerprint density at radius 3 is 2.88 bits per heavy atom. The topological polar surface area (TPSA) is 52.4 Å². The molecule has 1 rings (SSSR count). The Labute approximate surface area is 46.5 Å². The predicted molar refractivity (Wildman–Crippen MR) is 25.8 cm³/mol. The molecule has 4 nitrogen and oxygen atoms in total. The Bertz CT molecular complexity index is 141. The molecule has 0 aromatic heterocycles. The molecule has 0 unspecified atom stereocenters. The number of carbonyl (C=O) groups excluding carboxylic acids is 1. The van der Waals surface area contributed by atoms with E-state index in [0.717, 1.165) is 0 Å². The quantitative estimate of drug-likeness (QED) is 0.510. The van der Waals surface area contributed by atoms with Gasteiger partial charge in [0, 0.05) is 0 Å². The summed E-state index contributed by atoms with van der Waals surface area (Å²) in [4.78, 5) is 10.2. The van der Waals surface area contributed by atoms with Crippen LogP contribution in [0.25, 0.3) is 0 Å². The maximum absolute atomic E-state index is 10.2. The van der Waals surface area contributed by atoms with Gasteiger partial charge in [-0.15, -0.1) is 0 Å². The molecule has 0 fully saturated rings. The fourth-order valence-corrected chi connectivity index (χ4v) is 0.393. The van der Waals surface area contributed by atoms with Gasteiger partial charge in [0.1, 0.15) is 0 Å². The van der Waals surface area contributed by atoms with E-state index >= 15 is 0 Å². The first kappa shape index (κ1) is 4.96. The largest absolute Gasteiger partial charge is 0.480 e. The summed E-state index contributed by atoms with van der Waals surface area (Å²) in [5, 5.41) is 5.72. The lowest BCUT2D eigenvalue weighted by Crippen LogP contribution is -2.16. The summed E-state index contributed by atoms with van der Waals surface area (Å²) < 4.78 is 4.59. The van der Waals surface area contributed by atoms with Gasteiger partial charge in [-0.25, -0.2) is 4.79 Å². The number of hydrogen-bond donors (Lipinski definition) is 1. The highest BCUT2D eigenvalue weighted by Crippen LogP contribution is 1.94. The monoisotopic (exact) mass is 113 g/mol. The number of urea groups is 1. The van der Waals surface area contributed by atoms with Crippen LogP contribution in [0.1, 0.15) is 0 Å². The van der Waals surface area contributed by atoms with Crippen molar-refractivity contribution in [2.45, 2.75) is 0 Å². The smallest absolute Gasteiger partial charge is 0.348 e. The second-order valence-corrected chi connectivity index (χ2v) is 1.25. The standard InChI is InChI=1S/C4H5N2O2/c1-8-3-2-5-4(7)6-3/h2H,1H3,(H,5,7). The SMILES string of the molecule is COC1=CNC(=O)[N]1. The summed E-state index contributed by atoms with van der Waals surface area (Å²) in [5.41, 5.74) is 0. The molecule has 1 radical (unpaired) electrons. The molecular weight excluding hydrogens is 108 g/mol. The first-order valence-corrected chi connectivity index (χ1v) is 2.09. The minimum Gasteiger partial charge on any atom is -0.480 e. The molecule has 0 bridgehead atoms. The number of hydrogen-bond acceptors (Lipinski definition) is 2. The van der Waals surface area contributed by atoms with E-state index in [2.05, 4.69) is 15.4 Å². The predicted octanol–water partition coefficient (Wildman–Crippen LogP) is -0.241. The third kappa shape index (κ3) is 0.726. The third-order valence-corrected chi connectivity index (χ3v) is 0.740. The first-order chi connectivity index (χ1) is 3.83. The molecule has 0 saturated heterocycles. The van der Waals surface area contributed by atoms with E-state index in [1.54, 1.807) is 0 Å². The van der Waals surface area contributed by atoms with Gasteiger partial charge >= 0.3 is 6.03 Å². The first-order valence-electron chi connectivity index (χ1n) is 2.09. The minimum absolute atomic E-state index is 0.329. The molecule has 1 aliphatic heterocycles. The van der Waals surface area contributed by atoms with Gasteiger partial charge < -0.3 is 10.1 Å². The summed E-state index contributed by atoms with van der Waals surface area (Å²) in [6, 6.07) is -0.373. The summed E-state index contributed by atoms with van der Waals surface area (Å²) in [5.74, 6) is 0.329. The van der Waals surface area contributed by atoms with E-state index < -0.39 is 0 Å². The molecule has 0 saturated carbocycles. The van der Waals surface area contributed by atoms with Gasteiger partial charge in [0.05, 0.1) is 13.3 Å². The highest BCUT2D eigenvalue weighted by molar-refractivity contribution is 5.78. The van der Waals surface area contributed by atoms with Crippen LogP contribution in [0.2, 0.25) is 0 Å². The van der Waals surface area contributed by atoms with Crippen molar-refractivity contribution in [1.29, 1.82) is 0 Å². The number of rotatable bonds is 1. The molecule has 1 N–H and O–H groups in total. The van der Waals surface area contributed by atoms with E-state index in [0.29, 0.717) is 5.88 Å². The van der Waals surface area contributed by atoms with Gasteiger partial charge in [-0.05, 0) is 0 Å². The summed E-state index contributed by atoms with van der Waals surface area (Å²) in [7, 11) is 1.45. The zero-order chi connectivity index (χ0) is 5.98. The summed E-state index contributed by atoms with van der Waals surface area (Å²) in [6.07, 6.45) is 1.41. The van der Waals surface area contributed by atoms with Crippen molar-refractivity contribution in [3.05, 3.63) is 12.1 Å². The van der Waals surface area contributed by atoms with Gasteiger partial charge in [-0.1, -0.05) is 0 Å². The fraction of sp³-hybridized carbons (Fsp3) is 0.250. The second-order valence-electron chi connectivity index (χ2n) is 1.25. The van der Waals surface area contributed by atoms with Crippen molar-refractivity contribution in [2.75, 3.05) is 7.11 Å². The Hall–Kier alpha value is -1.19. The Kier molecular flexibility index (Phi) is 1.07. The molecule has 0 aromatic rings. The van der Waals surface area contributed by atoms with Gasteiger partial charge in [0.2, 0.25) is 5.88 Å². The van der Waals surface area contributed by atoms with Crippen LogP contribution >= 0.6 is 0 Å². The Morgan fingerprint density at radius 2 is 2.62 bits per heavy atom. The number of methoxy groups -OCH3 is 1. The zero-order valence-corrected chi connectivity index (χ0v) is 4.34. The van der Waals surface area contributed by atoms with Gasteiger partial charge in [0.15, 0.2) is 0 Å². The lowest BCUT2D eigenvalue weighted by Gasteiger charge is -1.91. The van der Waals surface area contributed by atoms with Crippen LogP contribution in [0.4, 0.5) is 4.79 Å². The van der Waals surface area contributed by atoms with Gasteiger partial charge in [-0.2, -0.15) is 5.32 Å². The molecule has 0 atom stereocenters. The Morgan fingerprint density at radius 1 is 1.88 bits per heavy atom. The normalized spacial score (nSPS) is 16.6.